The van der Waals surface area contributed by atoms with Crippen molar-refractivity contribution in [2.75, 3.05) is 5.32 Å². The number of anilines is 1. The third-order valence-electron chi connectivity index (χ3n) is 6.15. The Labute approximate surface area is 186 Å². The first-order chi connectivity index (χ1) is 15.1. The van der Waals surface area contributed by atoms with Gasteiger partial charge in [-0.05, 0) is 54.9 Å². The van der Waals surface area contributed by atoms with Crippen LogP contribution in [0, 0.1) is 17.7 Å². The van der Waals surface area contributed by atoms with E-state index in [1.165, 1.54) is 42.7 Å². The quantitative estimate of drug-likeness (QED) is 0.435. The zero-order valence-electron chi connectivity index (χ0n) is 17.8. The van der Waals surface area contributed by atoms with Crippen LogP contribution in [0.25, 0.3) is 21.7 Å². The Kier molecular flexibility index (Phi) is 7.07. The van der Waals surface area contributed by atoms with Gasteiger partial charge in [-0.15, -0.1) is 10.2 Å². The molecular formula is C25H28FN3OS. The number of benzene rings is 2. The number of nitrogens with one attached hydrogen (secondary N) is 1. The first kappa shape index (κ1) is 21.6. The number of halogens is 1. The third kappa shape index (κ3) is 5.37. The standard InChI is InChI=1S/C25H28FN3OS/c1-2-3-6-17-9-11-19(12-10-17)23(30)27-25-29-28-24(31-25)22-8-5-4-7-21(22)18-13-15-20(26)16-14-18/h4-5,7-8,13-17,19H,2-3,6,9-12H2,1H3,(H,27,29,30). The molecule has 1 N–H and O–H groups in total. The molecule has 0 atom stereocenters. The van der Waals surface area contributed by atoms with Crippen molar-refractivity contribution >= 4 is 22.4 Å². The summed E-state index contributed by atoms with van der Waals surface area (Å²) in [6, 6.07) is 14.3. The molecule has 0 bridgehead atoms. The maximum Gasteiger partial charge on any atom is 0.229 e. The Hall–Kier alpha value is -2.60. The van der Waals surface area contributed by atoms with Crippen molar-refractivity contribution < 1.29 is 9.18 Å². The Bertz CT molecular complexity index is 1010. The maximum absolute atomic E-state index is 13.3. The Morgan fingerprint density at radius 3 is 2.45 bits per heavy atom. The van der Waals surface area contributed by atoms with Gasteiger partial charge in [0.2, 0.25) is 11.0 Å². The minimum Gasteiger partial charge on any atom is -0.300 e. The number of carbonyl (C=O) groups excluding carboxylic acids is 1. The van der Waals surface area contributed by atoms with Crippen molar-refractivity contribution in [3.8, 4) is 21.7 Å². The van der Waals surface area contributed by atoms with E-state index >= 15 is 0 Å². The lowest BCUT2D eigenvalue weighted by molar-refractivity contribution is -0.121. The Morgan fingerprint density at radius 1 is 1.03 bits per heavy atom. The molecule has 0 aliphatic heterocycles. The topological polar surface area (TPSA) is 54.9 Å². The number of hydrogen-bond acceptors (Lipinski definition) is 4. The van der Waals surface area contributed by atoms with Gasteiger partial charge in [0.05, 0.1) is 0 Å². The zero-order chi connectivity index (χ0) is 21.6. The second-order valence-corrected chi connectivity index (χ2v) is 9.29. The van der Waals surface area contributed by atoms with Gasteiger partial charge in [-0.1, -0.05) is 73.9 Å². The van der Waals surface area contributed by atoms with Crippen LogP contribution in [0.2, 0.25) is 0 Å². The van der Waals surface area contributed by atoms with E-state index in [-0.39, 0.29) is 17.6 Å². The molecule has 1 aliphatic rings. The number of nitrogens with zero attached hydrogens (tertiary/aromatic N) is 2. The van der Waals surface area contributed by atoms with Gasteiger partial charge in [-0.3, -0.25) is 4.79 Å². The SMILES string of the molecule is CCCCC1CCC(C(=O)Nc2nnc(-c3ccccc3-c3ccc(F)cc3)s2)CC1. The number of aromatic nitrogens is 2. The van der Waals surface area contributed by atoms with Crippen LogP contribution in [-0.2, 0) is 4.79 Å². The number of amides is 1. The van der Waals surface area contributed by atoms with Crippen molar-refractivity contribution in [1.82, 2.24) is 10.2 Å². The molecule has 1 fully saturated rings. The second kappa shape index (κ2) is 10.1. The smallest absolute Gasteiger partial charge is 0.229 e. The number of hydrogen-bond donors (Lipinski definition) is 1. The van der Waals surface area contributed by atoms with E-state index in [1.807, 2.05) is 24.3 Å². The van der Waals surface area contributed by atoms with Gasteiger partial charge in [0.15, 0.2) is 0 Å². The summed E-state index contributed by atoms with van der Waals surface area (Å²) in [5.41, 5.74) is 2.79. The van der Waals surface area contributed by atoms with Crippen LogP contribution in [0.5, 0.6) is 0 Å². The van der Waals surface area contributed by atoms with Crippen LogP contribution in [-0.4, -0.2) is 16.1 Å². The van der Waals surface area contributed by atoms with Crippen LogP contribution < -0.4 is 5.32 Å². The van der Waals surface area contributed by atoms with Crippen molar-refractivity contribution in [3.05, 3.63) is 54.3 Å². The van der Waals surface area contributed by atoms with Crippen LogP contribution in [0.15, 0.2) is 48.5 Å². The Balaban J connectivity index is 1.43. The minimum absolute atomic E-state index is 0.0588. The predicted octanol–water partition coefficient (Wildman–Crippen LogP) is 6.95. The van der Waals surface area contributed by atoms with Crippen molar-refractivity contribution in [2.45, 2.75) is 51.9 Å². The average Bonchev–Trinajstić information content (AvgIpc) is 3.27. The fraction of sp³-hybridized carbons (Fsp3) is 0.400. The first-order valence-electron chi connectivity index (χ1n) is 11.1. The van der Waals surface area contributed by atoms with E-state index in [9.17, 15) is 9.18 Å². The summed E-state index contributed by atoms with van der Waals surface area (Å²) in [5.74, 6) is 0.641. The van der Waals surface area contributed by atoms with Crippen LogP contribution in [0.3, 0.4) is 0 Å². The summed E-state index contributed by atoms with van der Waals surface area (Å²) < 4.78 is 13.3. The van der Waals surface area contributed by atoms with Gasteiger partial charge in [-0.2, -0.15) is 0 Å². The fourth-order valence-corrected chi connectivity index (χ4v) is 5.13. The van der Waals surface area contributed by atoms with Gasteiger partial charge in [-0.25, -0.2) is 4.39 Å². The molecule has 2 aromatic carbocycles. The third-order valence-corrected chi connectivity index (χ3v) is 7.02. The van der Waals surface area contributed by atoms with Crippen LogP contribution in [0.1, 0.15) is 51.9 Å². The summed E-state index contributed by atoms with van der Waals surface area (Å²) >= 11 is 1.37. The molecule has 1 saturated carbocycles. The second-order valence-electron chi connectivity index (χ2n) is 8.31. The van der Waals surface area contributed by atoms with Crippen molar-refractivity contribution in [2.24, 2.45) is 11.8 Å². The molecule has 162 valence electrons. The highest BCUT2D eigenvalue weighted by Crippen LogP contribution is 2.36. The summed E-state index contributed by atoms with van der Waals surface area (Å²) in [6.07, 6.45) is 8.02. The molecule has 1 heterocycles. The average molecular weight is 438 g/mol. The lowest BCUT2D eigenvalue weighted by Crippen LogP contribution is -2.27. The molecular weight excluding hydrogens is 409 g/mol. The molecule has 1 aliphatic carbocycles. The molecule has 6 heteroatoms. The van der Waals surface area contributed by atoms with Gasteiger partial charge in [0, 0.05) is 11.5 Å². The fourth-order valence-electron chi connectivity index (χ4n) is 4.35. The molecule has 3 aromatic rings. The van der Waals surface area contributed by atoms with E-state index < -0.39 is 0 Å². The molecule has 1 amide bonds. The largest absolute Gasteiger partial charge is 0.300 e. The molecule has 31 heavy (non-hydrogen) atoms. The summed E-state index contributed by atoms with van der Waals surface area (Å²) in [7, 11) is 0. The van der Waals surface area contributed by atoms with Gasteiger partial charge in [0.25, 0.3) is 0 Å². The van der Waals surface area contributed by atoms with E-state index in [0.29, 0.717) is 5.13 Å². The molecule has 0 spiro atoms. The lowest BCUT2D eigenvalue weighted by atomic mass is 9.79. The van der Waals surface area contributed by atoms with Crippen molar-refractivity contribution in [1.29, 1.82) is 0 Å². The molecule has 0 saturated heterocycles. The highest BCUT2D eigenvalue weighted by atomic mass is 32.1. The maximum atomic E-state index is 13.3. The Morgan fingerprint density at radius 2 is 1.74 bits per heavy atom. The summed E-state index contributed by atoms with van der Waals surface area (Å²) in [5, 5.41) is 12.8. The normalized spacial score (nSPS) is 18.6. The summed E-state index contributed by atoms with van der Waals surface area (Å²) in [4.78, 5) is 12.7. The molecule has 1 aromatic heterocycles. The molecule has 4 nitrogen and oxygen atoms in total. The van der Waals surface area contributed by atoms with Crippen LogP contribution in [0.4, 0.5) is 9.52 Å². The number of rotatable bonds is 7. The van der Waals surface area contributed by atoms with Gasteiger partial charge < -0.3 is 5.32 Å². The van der Waals surface area contributed by atoms with E-state index in [0.717, 1.165) is 53.3 Å². The van der Waals surface area contributed by atoms with E-state index in [4.69, 9.17) is 0 Å². The highest BCUT2D eigenvalue weighted by Gasteiger charge is 2.26. The lowest BCUT2D eigenvalue weighted by Gasteiger charge is -2.27. The monoisotopic (exact) mass is 437 g/mol. The minimum atomic E-state index is -0.262. The van der Waals surface area contributed by atoms with Gasteiger partial charge in [0.1, 0.15) is 10.8 Å². The van der Waals surface area contributed by atoms with Crippen molar-refractivity contribution in [3.63, 3.8) is 0 Å². The van der Waals surface area contributed by atoms with Crippen LogP contribution >= 0.6 is 11.3 Å². The molecule has 4 rings (SSSR count). The number of carbonyl (C=O) groups is 1. The van der Waals surface area contributed by atoms with E-state index in [2.05, 4.69) is 22.4 Å². The van der Waals surface area contributed by atoms with Gasteiger partial charge >= 0.3 is 0 Å². The number of unbranched alkanes of at least 4 members (excludes halogenated alkanes) is 1. The zero-order valence-corrected chi connectivity index (χ0v) is 18.6. The highest BCUT2D eigenvalue weighted by molar-refractivity contribution is 7.18. The molecule has 0 unspecified atom stereocenters. The predicted molar refractivity (Wildman–Crippen MR) is 124 cm³/mol. The summed E-state index contributed by atoms with van der Waals surface area (Å²) in [6.45, 7) is 2.23. The molecule has 0 radical (unpaired) electrons. The first-order valence-corrected chi connectivity index (χ1v) is 12.0. The van der Waals surface area contributed by atoms with E-state index in [1.54, 1.807) is 12.1 Å².